The van der Waals surface area contributed by atoms with E-state index in [0.29, 0.717) is 12.6 Å². The molecule has 0 unspecified atom stereocenters. The molecule has 2 aliphatic rings. The van der Waals surface area contributed by atoms with Gasteiger partial charge in [0.05, 0.1) is 7.11 Å². The molecule has 4 rings (SSSR count). The number of hydrogen-bond acceptors (Lipinski definition) is 5. The fourth-order valence-corrected chi connectivity index (χ4v) is 4.32. The molecule has 0 saturated carbocycles. The summed E-state index contributed by atoms with van der Waals surface area (Å²) in [5.41, 5.74) is 3.70. The number of methoxy groups -OCH3 is 1. The van der Waals surface area contributed by atoms with Crippen molar-refractivity contribution in [3.8, 4) is 11.5 Å². The molecule has 1 atom stereocenters. The Labute approximate surface area is 173 Å². The van der Waals surface area contributed by atoms with Crippen LogP contribution < -0.4 is 9.47 Å². The van der Waals surface area contributed by atoms with Crippen molar-refractivity contribution in [1.82, 2.24) is 9.80 Å². The fourth-order valence-electron chi connectivity index (χ4n) is 4.32. The summed E-state index contributed by atoms with van der Waals surface area (Å²) in [6.45, 7) is 5.67. The van der Waals surface area contributed by atoms with Gasteiger partial charge in [0.2, 0.25) is 0 Å². The molecule has 0 aromatic heterocycles. The summed E-state index contributed by atoms with van der Waals surface area (Å²) in [6, 6.07) is 17.0. The Hall–Kier alpha value is -2.34. The maximum absolute atomic E-state index is 9.58. The van der Waals surface area contributed by atoms with Crippen molar-refractivity contribution < 1.29 is 14.6 Å². The van der Waals surface area contributed by atoms with Crippen molar-refractivity contribution >= 4 is 6.08 Å². The quantitative estimate of drug-likeness (QED) is 0.782. The van der Waals surface area contributed by atoms with Gasteiger partial charge >= 0.3 is 0 Å². The van der Waals surface area contributed by atoms with Crippen LogP contribution in [-0.2, 0) is 6.54 Å². The van der Waals surface area contributed by atoms with Gasteiger partial charge in [-0.1, -0.05) is 42.5 Å². The van der Waals surface area contributed by atoms with Gasteiger partial charge in [-0.15, -0.1) is 0 Å². The Morgan fingerprint density at radius 2 is 1.93 bits per heavy atom. The van der Waals surface area contributed by atoms with Gasteiger partial charge < -0.3 is 14.6 Å². The number of hydrogen-bond donors (Lipinski definition) is 1. The van der Waals surface area contributed by atoms with E-state index in [-0.39, 0.29) is 6.61 Å². The number of ether oxygens (including phenoxy) is 2. The third-order valence-corrected chi connectivity index (χ3v) is 5.80. The molecule has 2 aliphatic heterocycles. The second-order valence-corrected chi connectivity index (χ2v) is 7.83. The van der Waals surface area contributed by atoms with E-state index in [1.165, 1.54) is 11.1 Å². The van der Waals surface area contributed by atoms with E-state index in [9.17, 15) is 5.11 Å². The van der Waals surface area contributed by atoms with Gasteiger partial charge in [0.15, 0.2) is 11.5 Å². The van der Waals surface area contributed by atoms with E-state index in [1.54, 1.807) is 7.11 Å². The normalized spacial score (nSPS) is 19.9. The van der Waals surface area contributed by atoms with Gasteiger partial charge in [0.1, 0.15) is 6.61 Å². The molecule has 0 radical (unpaired) electrons. The molecule has 0 spiro atoms. The Kier molecular flexibility index (Phi) is 6.49. The molecule has 1 fully saturated rings. The second kappa shape index (κ2) is 9.44. The minimum Gasteiger partial charge on any atom is -0.493 e. The van der Waals surface area contributed by atoms with Crippen LogP contribution in [0.4, 0.5) is 0 Å². The zero-order valence-electron chi connectivity index (χ0n) is 17.1. The van der Waals surface area contributed by atoms with Gasteiger partial charge in [-0.3, -0.25) is 9.80 Å². The minimum atomic E-state index is 0.225. The maximum Gasteiger partial charge on any atom is 0.168 e. The number of rotatable bonds is 7. The number of fused-ring (bicyclic) bond motifs is 1. The number of piperazine rings is 1. The summed E-state index contributed by atoms with van der Waals surface area (Å²) >= 11 is 0. The number of benzene rings is 2. The third kappa shape index (κ3) is 4.81. The molecular formula is C24H30N2O3. The predicted molar refractivity (Wildman–Crippen MR) is 115 cm³/mol. The van der Waals surface area contributed by atoms with Crippen molar-refractivity contribution in [2.75, 3.05) is 46.5 Å². The molecule has 5 heteroatoms. The molecule has 2 heterocycles. The van der Waals surface area contributed by atoms with Gasteiger partial charge in [0.25, 0.3) is 0 Å². The monoisotopic (exact) mass is 394 g/mol. The molecule has 1 N–H and O–H groups in total. The van der Waals surface area contributed by atoms with Crippen molar-refractivity contribution in [3.63, 3.8) is 0 Å². The van der Waals surface area contributed by atoms with Crippen molar-refractivity contribution in [1.29, 1.82) is 0 Å². The van der Waals surface area contributed by atoms with E-state index in [2.05, 4.69) is 52.3 Å². The van der Waals surface area contributed by atoms with Crippen molar-refractivity contribution in [2.24, 2.45) is 0 Å². The van der Waals surface area contributed by atoms with Crippen LogP contribution in [0.1, 0.15) is 17.5 Å². The molecule has 0 bridgehead atoms. The predicted octanol–water partition coefficient (Wildman–Crippen LogP) is 3.04. The largest absolute Gasteiger partial charge is 0.493 e. The Morgan fingerprint density at radius 1 is 1.07 bits per heavy atom. The van der Waals surface area contributed by atoms with E-state index in [0.717, 1.165) is 56.2 Å². The average Bonchev–Trinajstić information content (AvgIpc) is 2.76. The van der Waals surface area contributed by atoms with Crippen molar-refractivity contribution in [2.45, 2.75) is 19.0 Å². The van der Waals surface area contributed by atoms with Gasteiger partial charge in [0, 0.05) is 50.9 Å². The van der Waals surface area contributed by atoms with E-state index in [1.807, 2.05) is 12.1 Å². The molecule has 154 valence electrons. The van der Waals surface area contributed by atoms with Crippen LogP contribution >= 0.6 is 0 Å². The fraction of sp³-hybridized carbons (Fsp3) is 0.417. The molecular weight excluding hydrogens is 364 g/mol. The third-order valence-electron chi connectivity index (χ3n) is 5.80. The molecule has 2 aromatic carbocycles. The van der Waals surface area contributed by atoms with Crippen LogP contribution in [0.25, 0.3) is 6.08 Å². The zero-order chi connectivity index (χ0) is 20.1. The highest BCUT2D eigenvalue weighted by Gasteiger charge is 2.27. The van der Waals surface area contributed by atoms with Crippen LogP contribution in [-0.4, -0.2) is 67.5 Å². The van der Waals surface area contributed by atoms with Crippen LogP contribution in [0.3, 0.4) is 0 Å². The number of para-hydroxylation sites is 1. The summed E-state index contributed by atoms with van der Waals surface area (Å²) in [5, 5.41) is 9.58. The van der Waals surface area contributed by atoms with E-state index in [4.69, 9.17) is 9.47 Å². The summed E-state index contributed by atoms with van der Waals surface area (Å²) in [5.74, 6) is 1.62. The van der Waals surface area contributed by atoms with Gasteiger partial charge in [-0.2, -0.15) is 0 Å². The minimum absolute atomic E-state index is 0.225. The highest BCUT2D eigenvalue weighted by Crippen LogP contribution is 2.35. The van der Waals surface area contributed by atoms with Crippen LogP contribution in [0.2, 0.25) is 0 Å². The lowest BCUT2D eigenvalue weighted by atomic mass is 10.0. The molecule has 0 aliphatic carbocycles. The lowest BCUT2D eigenvalue weighted by Crippen LogP contribution is -2.53. The highest BCUT2D eigenvalue weighted by atomic mass is 16.5. The average molecular weight is 395 g/mol. The van der Waals surface area contributed by atoms with Crippen LogP contribution in [0, 0.1) is 0 Å². The smallest absolute Gasteiger partial charge is 0.168 e. The summed E-state index contributed by atoms with van der Waals surface area (Å²) in [6.07, 6.45) is 3.04. The van der Waals surface area contributed by atoms with Gasteiger partial charge in [-0.05, 0) is 29.7 Å². The SMILES string of the molecule is COc1cccc2c1OCC(CN1CCN(Cc3ccccc3)[C@H](CCO)C1)=C2. The summed E-state index contributed by atoms with van der Waals surface area (Å²) in [7, 11) is 1.68. The standard InChI is InChI=1S/C24H30N2O3/c1-28-23-9-5-8-21-14-20(18-29-24(21)23)15-25-11-12-26(22(17-25)10-13-27)16-19-6-3-2-4-7-19/h2-9,14,22,27H,10-13,15-18H2,1H3/t22-/m1/s1. The van der Waals surface area contributed by atoms with Crippen molar-refractivity contribution in [3.05, 3.63) is 65.2 Å². The van der Waals surface area contributed by atoms with Crippen LogP contribution in [0.15, 0.2) is 54.1 Å². The Balaban J connectivity index is 1.41. The van der Waals surface area contributed by atoms with E-state index < -0.39 is 0 Å². The lowest BCUT2D eigenvalue weighted by Gasteiger charge is -2.42. The Morgan fingerprint density at radius 3 is 2.72 bits per heavy atom. The van der Waals surface area contributed by atoms with Crippen LogP contribution in [0.5, 0.6) is 11.5 Å². The number of aliphatic hydroxyl groups is 1. The first kappa shape index (κ1) is 20.0. The topological polar surface area (TPSA) is 45.2 Å². The molecule has 5 nitrogen and oxygen atoms in total. The van der Waals surface area contributed by atoms with E-state index >= 15 is 0 Å². The summed E-state index contributed by atoms with van der Waals surface area (Å²) in [4.78, 5) is 5.00. The Bertz CT molecular complexity index is 837. The second-order valence-electron chi connectivity index (χ2n) is 7.83. The van der Waals surface area contributed by atoms with Gasteiger partial charge in [-0.25, -0.2) is 0 Å². The maximum atomic E-state index is 9.58. The molecule has 1 saturated heterocycles. The number of nitrogens with zero attached hydrogens (tertiary/aromatic N) is 2. The summed E-state index contributed by atoms with van der Waals surface area (Å²) < 4.78 is 11.4. The first-order valence-electron chi connectivity index (χ1n) is 10.4. The molecule has 0 amide bonds. The zero-order valence-corrected chi connectivity index (χ0v) is 17.1. The molecule has 2 aromatic rings. The first-order valence-corrected chi connectivity index (χ1v) is 10.4. The lowest BCUT2D eigenvalue weighted by molar-refractivity contribution is 0.0574. The molecule has 29 heavy (non-hydrogen) atoms. The highest BCUT2D eigenvalue weighted by molar-refractivity contribution is 5.66. The number of aliphatic hydroxyl groups excluding tert-OH is 1. The first-order chi connectivity index (χ1) is 14.3.